The molecule has 1 aliphatic heterocycles. The van der Waals surface area contributed by atoms with E-state index in [4.69, 9.17) is 16.3 Å². The highest BCUT2D eigenvalue weighted by molar-refractivity contribution is 6.52. The van der Waals surface area contributed by atoms with Crippen molar-refractivity contribution < 1.29 is 23.5 Å². The van der Waals surface area contributed by atoms with Gasteiger partial charge in [0, 0.05) is 0 Å². The van der Waals surface area contributed by atoms with Gasteiger partial charge in [0.25, 0.3) is 11.7 Å². The largest absolute Gasteiger partial charge is 0.459 e. The van der Waals surface area contributed by atoms with Crippen LogP contribution in [0.1, 0.15) is 31.1 Å². The van der Waals surface area contributed by atoms with E-state index >= 15 is 0 Å². The van der Waals surface area contributed by atoms with Gasteiger partial charge in [-0.05, 0) is 32.9 Å². The van der Waals surface area contributed by atoms with Gasteiger partial charge in [0.05, 0.1) is 16.3 Å². The Kier molecular flexibility index (Phi) is 3.76. The summed E-state index contributed by atoms with van der Waals surface area (Å²) in [4.78, 5) is 36.4. The van der Waals surface area contributed by atoms with Crippen LogP contribution in [0.4, 0.5) is 10.1 Å². The van der Waals surface area contributed by atoms with E-state index in [0.29, 0.717) is 0 Å². The first kappa shape index (κ1) is 15.4. The number of benzene rings is 1. The summed E-state index contributed by atoms with van der Waals surface area (Å²) in [6, 6.07) is 2.05. The maximum absolute atomic E-state index is 13.4. The Morgan fingerprint density at radius 2 is 1.95 bits per heavy atom. The monoisotopic (exact) mass is 313 g/mol. The Hall–Kier alpha value is -1.95. The van der Waals surface area contributed by atoms with Gasteiger partial charge >= 0.3 is 5.97 Å². The second kappa shape index (κ2) is 5.11. The fourth-order valence-electron chi connectivity index (χ4n) is 1.95. The van der Waals surface area contributed by atoms with Gasteiger partial charge in [0.1, 0.15) is 18.0 Å². The first-order chi connectivity index (χ1) is 9.60. The third-order valence-corrected chi connectivity index (χ3v) is 3.01. The zero-order valence-electron chi connectivity index (χ0n) is 11.7. The maximum atomic E-state index is 13.4. The van der Waals surface area contributed by atoms with Crippen molar-refractivity contribution >= 4 is 34.9 Å². The fraction of sp³-hybridized carbons (Fsp3) is 0.357. The van der Waals surface area contributed by atoms with E-state index < -0.39 is 35.6 Å². The van der Waals surface area contributed by atoms with Crippen molar-refractivity contribution in [3.63, 3.8) is 0 Å². The van der Waals surface area contributed by atoms with Crippen LogP contribution in [-0.4, -0.2) is 29.8 Å². The van der Waals surface area contributed by atoms with Gasteiger partial charge in [-0.2, -0.15) is 0 Å². The quantitative estimate of drug-likeness (QED) is 0.621. The van der Waals surface area contributed by atoms with Gasteiger partial charge < -0.3 is 4.74 Å². The minimum Gasteiger partial charge on any atom is -0.459 e. The topological polar surface area (TPSA) is 63.7 Å². The van der Waals surface area contributed by atoms with Crippen LogP contribution in [0.25, 0.3) is 0 Å². The first-order valence-electron chi connectivity index (χ1n) is 6.17. The van der Waals surface area contributed by atoms with Crippen molar-refractivity contribution in [3.8, 4) is 0 Å². The summed E-state index contributed by atoms with van der Waals surface area (Å²) in [5.41, 5.74) is -0.708. The normalized spacial score (nSPS) is 14.4. The summed E-state index contributed by atoms with van der Waals surface area (Å²) in [5.74, 6) is -3.24. The average molecular weight is 314 g/mol. The van der Waals surface area contributed by atoms with E-state index in [0.717, 1.165) is 17.0 Å². The Bertz CT molecular complexity index is 651. The number of carbonyl (C=O) groups is 3. The summed E-state index contributed by atoms with van der Waals surface area (Å²) < 4.78 is 18.5. The number of hydrogen-bond acceptors (Lipinski definition) is 4. The van der Waals surface area contributed by atoms with Crippen molar-refractivity contribution in [3.05, 3.63) is 28.5 Å². The van der Waals surface area contributed by atoms with Crippen LogP contribution in [0.5, 0.6) is 0 Å². The number of rotatable bonds is 2. The molecule has 1 heterocycles. The molecular weight excluding hydrogens is 301 g/mol. The Morgan fingerprint density at radius 1 is 1.33 bits per heavy atom. The number of esters is 1. The summed E-state index contributed by atoms with van der Waals surface area (Å²) in [7, 11) is 0. The number of fused-ring (bicyclic) bond motifs is 1. The molecule has 0 spiro atoms. The molecule has 1 aromatic carbocycles. The predicted molar refractivity (Wildman–Crippen MR) is 73.9 cm³/mol. The van der Waals surface area contributed by atoms with E-state index in [-0.39, 0.29) is 16.3 Å². The van der Waals surface area contributed by atoms with Crippen molar-refractivity contribution in [2.75, 3.05) is 11.4 Å². The third-order valence-electron chi connectivity index (χ3n) is 2.72. The van der Waals surface area contributed by atoms with Crippen molar-refractivity contribution in [2.24, 2.45) is 0 Å². The molecule has 0 saturated carbocycles. The molecule has 0 unspecified atom stereocenters. The van der Waals surface area contributed by atoms with Gasteiger partial charge in [0.2, 0.25) is 0 Å². The molecule has 2 rings (SSSR count). The summed E-state index contributed by atoms with van der Waals surface area (Å²) in [6.07, 6.45) is 0. The molecule has 1 amide bonds. The molecule has 112 valence electrons. The van der Waals surface area contributed by atoms with Crippen LogP contribution >= 0.6 is 11.6 Å². The van der Waals surface area contributed by atoms with Crippen LogP contribution in [-0.2, 0) is 14.3 Å². The molecule has 21 heavy (non-hydrogen) atoms. The SMILES string of the molecule is CC(C)(C)OC(=O)CN1C(=O)C(=O)c2cc(F)c(Cl)cc21. The van der Waals surface area contributed by atoms with Gasteiger partial charge in [0.15, 0.2) is 0 Å². The molecule has 5 nitrogen and oxygen atoms in total. The van der Waals surface area contributed by atoms with E-state index in [1.54, 1.807) is 20.8 Å². The van der Waals surface area contributed by atoms with Crippen LogP contribution in [0.3, 0.4) is 0 Å². The second-order valence-corrected chi connectivity index (χ2v) is 6.00. The molecule has 0 fully saturated rings. The smallest absolute Gasteiger partial charge is 0.326 e. The van der Waals surface area contributed by atoms with Gasteiger partial charge in [-0.1, -0.05) is 11.6 Å². The number of ether oxygens (including phenoxy) is 1. The molecule has 7 heteroatoms. The van der Waals surface area contributed by atoms with Gasteiger partial charge in [-0.3, -0.25) is 19.3 Å². The number of halogens is 2. The molecular formula is C14H13ClFNO4. The number of anilines is 1. The van der Waals surface area contributed by atoms with E-state index in [1.807, 2.05) is 0 Å². The van der Waals surface area contributed by atoms with Crippen molar-refractivity contribution in [1.82, 2.24) is 0 Å². The summed E-state index contributed by atoms with van der Waals surface area (Å²) in [5, 5.41) is -0.231. The highest BCUT2D eigenvalue weighted by Gasteiger charge is 2.38. The molecule has 0 aliphatic carbocycles. The van der Waals surface area contributed by atoms with Crippen LogP contribution in [0, 0.1) is 5.82 Å². The number of Topliss-reactive ketones (excluding diaryl/α,β-unsaturated/α-hetero) is 1. The molecule has 1 aliphatic rings. The maximum Gasteiger partial charge on any atom is 0.326 e. The van der Waals surface area contributed by atoms with E-state index in [2.05, 4.69) is 0 Å². The first-order valence-corrected chi connectivity index (χ1v) is 6.55. The van der Waals surface area contributed by atoms with Crippen molar-refractivity contribution in [1.29, 1.82) is 0 Å². The Morgan fingerprint density at radius 3 is 2.52 bits per heavy atom. The zero-order chi connectivity index (χ0) is 15.9. The number of hydrogen-bond donors (Lipinski definition) is 0. The minimum absolute atomic E-state index is 0.106. The lowest BCUT2D eigenvalue weighted by atomic mass is 10.1. The third kappa shape index (κ3) is 3.05. The average Bonchev–Trinajstić information content (AvgIpc) is 2.54. The Labute approximate surface area is 125 Å². The zero-order valence-corrected chi connectivity index (χ0v) is 12.5. The van der Waals surface area contributed by atoms with E-state index in [1.165, 1.54) is 0 Å². The fourth-order valence-corrected chi connectivity index (χ4v) is 2.11. The highest BCUT2D eigenvalue weighted by Crippen LogP contribution is 2.33. The lowest BCUT2D eigenvalue weighted by Gasteiger charge is -2.22. The molecule has 0 radical (unpaired) electrons. The van der Waals surface area contributed by atoms with Crippen molar-refractivity contribution in [2.45, 2.75) is 26.4 Å². The number of amides is 1. The predicted octanol–water partition coefficient (Wildman–Crippen LogP) is 2.35. The molecule has 0 bridgehead atoms. The van der Waals surface area contributed by atoms with E-state index in [9.17, 15) is 18.8 Å². The molecule has 1 aromatic rings. The lowest BCUT2D eigenvalue weighted by molar-refractivity contribution is -0.153. The van der Waals surface area contributed by atoms with Crippen LogP contribution in [0.15, 0.2) is 12.1 Å². The van der Waals surface area contributed by atoms with Crippen LogP contribution in [0.2, 0.25) is 5.02 Å². The molecule has 0 N–H and O–H groups in total. The summed E-state index contributed by atoms with van der Waals surface area (Å²) in [6.45, 7) is 4.61. The number of ketones is 1. The minimum atomic E-state index is -0.905. The second-order valence-electron chi connectivity index (χ2n) is 5.59. The number of carbonyl (C=O) groups excluding carboxylic acids is 3. The standard InChI is InChI=1S/C14H13ClFNO4/c1-14(2,3)21-11(18)6-17-10-5-8(15)9(16)4-7(10)12(19)13(17)20/h4-5H,6H2,1-3H3. The molecule has 0 saturated heterocycles. The molecule has 0 atom stereocenters. The molecule has 0 aromatic heterocycles. The van der Waals surface area contributed by atoms with Crippen LogP contribution < -0.4 is 4.90 Å². The van der Waals surface area contributed by atoms with Gasteiger partial charge in [-0.25, -0.2) is 4.39 Å². The lowest BCUT2D eigenvalue weighted by Crippen LogP contribution is -2.38. The summed E-state index contributed by atoms with van der Waals surface area (Å²) >= 11 is 5.66. The Balaban J connectivity index is 2.31. The van der Waals surface area contributed by atoms with Gasteiger partial charge in [-0.15, -0.1) is 0 Å². The highest BCUT2D eigenvalue weighted by atomic mass is 35.5. The number of nitrogens with zero attached hydrogens (tertiary/aromatic N) is 1.